The number of nitrogens with two attached hydrogens (primary N) is 2. The Labute approximate surface area is 126 Å². The van der Waals surface area contributed by atoms with Crippen molar-refractivity contribution in [2.75, 3.05) is 26.7 Å². The van der Waals surface area contributed by atoms with E-state index in [1.165, 1.54) is 7.05 Å². The molecule has 0 spiro atoms. The second kappa shape index (κ2) is 9.54. The SMILES string of the molecule is CN(OCCNC(=O)[C@@H](N)CCCN)C(=O)OC(C)(C)C. The van der Waals surface area contributed by atoms with E-state index < -0.39 is 17.7 Å². The predicted molar refractivity (Wildman–Crippen MR) is 79.2 cm³/mol. The van der Waals surface area contributed by atoms with Gasteiger partial charge in [0.05, 0.1) is 12.6 Å². The number of rotatable bonds is 8. The summed E-state index contributed by atoms with van der Waals surface area (Å²) in [5.74, 6) is -0.257. The molecule has 1 atom stereocenters. The highest BCUT2D eigenvalue weighted by atomic mass is 16.7. The molecule has 8 heteroatoms. The Kier molecular flexibility index (Phi) is 8.91. The molecular weight excluding hydrogens is 276 g/mol. The Hall–Kier alpha value is -1.38. The van der Waals surface area contributed by atoms with Gasteiger partial charge in [-0.2, -0.15) is 5.06 Å². The molecule has 124 valence electrons. The molecule has 0 aliphatic heterocycles. The van der Waals surface area contributed by atoms with Gasteiger partial charge in [-0.1, -0.05) is 0 Å². The Bertz CT molecular complexity index is 331. The van der Waals surface area contributed by atoms with Crippen LogP contribution in [0.25, 0.3) is 0 Å². The molecule has 0 aromatic carbocycles. The number of hydroxylamine groups is 2. The van der Waals surface area contributed by atoms with Crippen LogP contribution in [0.5, 0.6) is 0 Å². The lowest BCUT2D eigenvalue weighted by atomic mass is 10.1. The van der Waals surface area contributed by atoms with E-state index in [9.17, 15) is 9.59 Å². The molecular formula is C13H28N4O4. The maximum atomic E-state index is 11.6. The van der Waals surface area contributed by atoms with Gasteiger partial charge >= 0.3 is 6.09 Å². The summed E-state index contributed by atoms with van der Waals surface area (Å²) in [7, 11) is 1.45. The molecule has 0 saturated heterocycles. The third-order valence-corrected chi connectivity index (χ3v) is 2.39. The topological polar surface area (TPSA) is 120 Å². The highest BCUT2D eigenvalue weighted by Crippen LogP contribution is 2.08. The van der Waals surface area contributed by atoms with Crippen LogP contribution in [0.2, 0.25) is 0 Å². The van der Waals surface area contributed by atoms with E-state index in [0.717, 1.165) is 5.06 Å². The maximum Gasteiger partial charge on any atom is 0.434 e. The van der Waals surface area contributed by atoms with Crippen LogP contribution in [-0.4, -0.2) is 55.5 Å². The molecule has 0 heterocycles. The monoisotopic (exact) mass is 304 g/mol. The minimum atomic E-state index is -0.589. The van der Waals surface area contributed by atoms with Gasteiger partial charge in [-0.05, 0) is 40.2 Å². The summed E-state index contributed by atoms with van der Waals surface area (Å²) in [6, 6.07) is -0.572. The van der Waals surface area contributed by atoms with Gasteiger partial charge in [0, 0.05) is 13.6 Å². The van der Waals surface area contributed by atoms with Crippen LogP contribution < -0.4 is 16.8 Å². The van der Waals surface area contributed by atoms with Crippen molar-refractivity contribution in [1.82, 2.24) is 10.4 Å². The number of amides is 2. The van der Waals surface area contributed by atoms with Crippen LogP contribution in [0.15, 0.2) is 0 Å². The summed E-state index contributed by atoms with van der Waals surface area (Å²) < 4.78 is 5.10. The third-order valence-electron chi connectivity index (χ3n) is 2.39. The van der Waals surface area contributed by atoms with Crippen molar-refractivity contribution in [2.24, 2.45) is 11.5 Å². The Balaban J connectivity index is 3.84. The van der Waals surface area contributed by atoms with Crippen molar-refractivity contribution in [3.63, 3.8) is 0 Å². The summed E-state index contributed by atoms with van der Waals surface area (Å²) in [5.41, 5.74) is 10.4. The summed E-state index contributed by atoms with van der Waals surface area (Å²) in [5, 5.41) is 3.62. The van der Waals surface area contributed by atoms with Crippen LogP contribution in [-0.2, 0) is 14.4 Å². The molecule has 0 rings (SSSR count). The molecule has 21 heavy (non-hydrogen) atoms. The quantitative estimate of drug-likeness (QED) is 0.428. The van der Waals surface area contributed by atoms with Crippen molar-refractivity contribution in [3.05, 3.63) is 0 Å². The lowest BCUT2D eigenvalue weighted by Crippen LogP contribution is -2.43. The summed E-state index contributed by atoms with van der Waals surface area (Å²) in [6.07, 6.45) is 0.654. The largest absolute Gasteiger partial charge is 0.442 e. The zero-order chi connectivity index (χ0) is 16.5. The van der Waals surface area contributed by atoms with Gasteiger partial charge in [0.1, 0.15) is 5.60 Å². The second-order valence-corrected chi connectivity index (χ2v) is 5.64. The van der Waals surface area contributed by atoms with Crippen LogP contribution in [0.4, 0.5) is 4.79 Å². The van der Waals surface area contributed by atoms with Crippen LogP contribution in [0.1, 0.15) is 33.6 Å². The van der Waals surface area contributed by atoms with Gasteiger partial charge in [0.15, 0.2) is 0 Å². The molecule has 5 N–H and O–H groups in total. The zero-order valence-electron chi connectivity index (χ0n) is 13.3. The first-order valence-corrected chi connectivity index (χ1v) is 7.00. The van der Waals surface area contributed by atoms with E-state index in [2.05, 4.69) is 5.32 Å². The average molecular weight is 304 g/mol. The summed E-state index contributed by atoms with van der Waals surface area (Å²) >= 11 is 0. The van der Waals surface area contributed by atoms with Crippen molar-refractivity contribution in [2.45, 2.75) is 45.3 Å². The van der Waals surface area contributed by atoms with E-state index in [0.29, 0.717) is 19.4 Å². The van der Waals surface area contributed by atoms with E-state index >= 15 is 0 Å². The molecule has 0 unspecified atom stereocenters. The standard InChI is InChI=1S/C13H28N4O4/c1-13(2,3)21-12(19)17(4)20-9-8-16-11(18)10(15)6-5-7-14/h10H,5-9,14-15H2,1-4H3,(H,16,18)/t10-/m0/s1. The number of ether oxygens (including phenoxy) is 1. The number of hydrogen-bond acceptors (Lipinski definition) is 6. The lowest BCUT2D eigenvalue weighted by Gasteiger charge is -2.24. The minimum absolute atomic E-state index is 0.144. The number of hydrogen-bond donors (Lipinski definition) is 3. The van der Waals surface area contributed by atoms with E-state index in [1.54, 1.807) is 20.8 Å². The first-order chi connectivity index (χ1) is 9.67. The van der Waals surface area contributed by atoms with Gasteiger partial charge in [0.25, 0.3) is 0 Å². The molecule has 0 aromatic rings. The van der Waals surface area contributed by atoms with E-state index in [4.69, 9.17) is 21.0 Å². The molecule has 0 radical (unpaired) electrons. The molecule has 0 aliphatic rings. The summed E-state index contributed by atoms with van der Waals surface area (Å²) in [4.78, 5) is 28.3. The fraction of sp³-hybridized carbons (Fsp3) is 0.846. The fourth-order valence-corrected chi connectivity index (χ4v) is 1.34. The Morgan fingerprint density at radius 2 is 1.95 bits per heavy atom. The van der Waals surface area contributed by atoms with Crippen molar-refractivity contribution in [1.29, 1.82) is 0 Å². The van der Waals surface area contributed by atoms with E-state index in [-0.39, 0.29) is 19.1 Å². The number of carbonyl (C=O) groups excluding carboxylic acids is 2. The average Bonchev–Trinajstić information content (AvgIpc) is 2.38. The number of nitrogens with one attached hydrogen (secondary N) is 1. The molecule has 2 amide bonds. The second-order valence-electron chi connectivity index (χ2n) is 5.64. The maximum absolute atomic E-state index is 11.6. The molecule has 0 fully saturated rings. The lowest BCUT2D eigenvalue weighted by molar-refractivity contribution is -0.133. The number of carbonyl (C=O) groups is 2. The number of nitrogens with zero attached hydrogens (tertiary/aromatic N) is 1. The molecule has 0 bridgehead atoms. The smallest absolute Gasteiger partial charge is 0.434 e. The van der Waals surface area contributed by atoms with E-state index in [1.807, 2.05) is 0 Å². The van der Waals surface area contributed by atoms with Gasteiger partial charge < -0.3 is 21.5 Å². The van der Waals surface area contributed by atoms with Crippen molar-refractivity contribution >= 4 is 12.0 Å². The van der Waals surface area contributed by atoms with Crippen LogP contribution in [0, 0.1) is 0 Å². The molecule has 0 saturated carbocycles. The predicted octanol–water partition coefficient (Wildman–Crippen LogP) is -0.0327. The van der Waals surface area contributed by atoms with Crippen molar-refractivity contribution in [3.8, 4) is 0 Å². The van der Waals surface area contributed by atoms with Gasteiger partial charge in [0.2, 0.25) is 5.91 Å². The first kappa shape index (κ1) is 19.6. The third kappa shape index (κ3) is 10.1. The highest BCUT2D eigenvalue weighted by molar-refractivity contribution is 5.81. The molecule has 0 aromatic heterocycles. The Morgan fingerprint density at radius 3 is 2.48 bits per heavy atom. The highest BCUT2D eigenvalue weighted by Gasteiger charge is 2.20. The van der Waals surface area contributed by atoms with Crippen molar-refractivity contribution < 1.29 is 19.2 Å². The van der Waals surface area contributed by atoms with Gasteiger partial charge in [-0.25, -0.2) is 4.79 Å². The first-order valence-electron chi connectivity index (χ1n) is 7.00. The fourth-order valence-electron chi connectivity index (χ4n) is 1.34. The Morgan fingerprint density at radius 1 is 1.33 bits per heavy atom. The van der Waals surface area contributed by atoms with Gasteiger partial charge in [-0.15, -0.1) is 0 Å². The van der Waals surface area contributed by atoms with Crippen LogP contribution in [0.3, 0.4) is 0 Å². The minimum Gasteiger partial charge on any atom is -0.442 e. The van der Waals surface area contributed by atoms with Gasteiger partial charge in [-0.3, -0.25) is 9.63 Å². The molecule has 8 nitrogen and oxygen atoms in total. The zero-order valence-corrected chi connectivity index (χ0v) is 13.3. The van der Waals surface area contributed by atoms with Crippen LogP contribution >= 0.6 is 0 Å². The summed E-state index contributed by atoms with van der Waals surface area (Å²) in [6.45, 7) is 6.20. The molecule has 0 aliphatic carbocycles. The normalized spacial score (nSPS) is 12.7.